The monoisotopic (exact) mass is 421 g/mol. The highest BCUT2D eigenvalue weighted by Gasteiger charge is 2.27. The van der Waals surface area contributed by atoms with E-state index in [0.29, 0.717) is 55.7 Å². The van der Waals surface area contributed by atoms with E-state index >= 15 is 0 Å². The molecular weight excluding hydrogens is 394 g/mol. The number of benzene rings is 1. The van der Waals surface area contributed by atoms with Crippen LogP contribution in [-0.2, 0) is 6.54 Å². The number of rotatable bonds is 5. The quantitative estimate of drug-likeness (QED) is 0.636. The van der Waals surface area contributed by atoms with Gasteiger partial charge in [-0.2, -0.15) is 4.98 Å². The van der Waals surface area contributed by atoms with Gasteiger partial charge in [0.25, 0.3) is 5.91 Å². The summed E-state index contributed by atoms with van der Waals surface area (Å²) in [5.41, 5.74) is 4.71. The molecule has 0 atom stereocenters. The molecule has 0 saturated carbocycles. The van der Waals surface area contributed by atoms with Crippen LogP contribution in [0.15, 0.2) is 28.8 Å². The number of H-pyrrole nitrogens is 1. The summed E-state index contributed by atoms with van der Waals surface area (Å²) in [5, 5.41) is 4.09. The highest BCUT2D eigenvalue weighted by molar-refractivity contribution is 6.02. The first kappa shape index (κ1) is 21.0. The molecule has 1 aliphatic rings. The van der Waals surface area contributed by atoms with Crippen LogP contribution in [0, 0.1) is 20.8 Å². The van der Waals surface area contributed by atoms with E-state index in [-0.39, 0.29) is 11.7 Å². The van der Waals surface area contributed by atoms with Crippen molar-refractivity contribution in [3.8, 4) is 11.4 Å². The van der Waals surface area contributed by atoms with Crippen LogP contribution in [0.3, 0.4) is 0 Å². The summed E-state index contributed by atoms with van der Waals surface area (Å²) in [6.45, 7) is 10.4. The van der Waals surface area contributed by atoms with Gasteiger partial charge in [-0.15, -0.1) is 0 Å². The van der Waals surface area contributed by atoms with Gasteiger partial charge in [-0.3, -0.25) is 14.5 Å². The molecule has 0 bridgehead atoms. The molecule has 0 unspecified atom stereocenters. The molecule has 1 N–H and O–H groups in total. The molecule has 8 nitrogen and oxygen atoms in total. The Morgan fingerprint density at radius 3 is 2.35 bits per heavy atom. The van der Waals surface area contributed by atoms with Crippen LogP contribution >= 0.6 is 0 Å². The van der Waals surface area contributed by atoms with Crippen molar-refractivity contribution in [1.29, 1.82) is 0 Å². The number of carbonyl (C=O) groups excluding carboxylic acids is 2. The minimum absolute atomic E-state index is 0.0281. The highest BCUT2D eigenvalue weighted by Crippen LogP contribution is 2.21. The summed E-state index contributed by atoms with van der Waals surface area (Å²) >= 11 is 0. The lowest BCUT2D eigenvalue weighted by Crippen LogP contribution is -2.48. The molecule has 2 aromatic heterocycles. The molecule has 3 heterocycles. The Kier molecular flexibility index (Phi) is 5.73. The van der Waals surface area contributed by atoms with E-state index in [0.717, 1.165) is 16.8 Å². The number of amides is 1. The van der Waals surface area contributed by atoms with E-state index in [1.54, 1.807) is 0 Å². The third-order valence-electron chi connectivity index (χ3n) is 5.80. The summed E-state index contributed by atoms with van der Waals surface area (Å²) in [7, 11) is 0. The first-order valence-electron chi connectivity index (χ1n) is 10.4. The maximum Gasteiger partial charge on any atom is 0.270 e. The first-order valence-corrected chi connectivity index (χ1v) is 10.4. The fourth-order valence-corrected chi connectivity index (χ4v) is 4.09. The Morgan fingerprint density at radius 1 is 1.06 bits per heavy atom. The van der Waals surface area contributed by atoms with Gasteiger partial charge in [0.1, 0.15) is 5.69 Å². The Labute approximate surface area is 181 Å². The van der Waals surface area contributed by atoms with Gasteiger partial charge in [0.2, 0.25) is 11.7 Å². The lowest BCUT2D eigenvalue weighted by Gasteiger charge is -2.33. The standard InChI is InChI=1S/C23H27N5O3/c1-14-5-7-18(8-6-14)22-25-19(31-26-22)13-27-9-11-28(12-10-27)23(30)21-15(2)20(17(4)29)16(3)24-21/h5-8,24H,9-13H2,1-4H3. The Bertz CT molecular complexity index is 1100. The van der Waals surface area contributed by atoms with Gasteiger partial charge in [-0.25, -0.2) is 0 Å². The predicted molar refractivity (Wildman–Crippen MR) is 116 cm³/mol. The fourth-order valence-electron chi connectivity index (χ4n) is 4.09. The zero-order valence-corrected chi connectivity index (χ0v) is 18.4. The number of aromatic nitrogens is 3. The smallest absolute Gasteiger partial charge is 0.270 e. The number of hydrogen-bond acceptors (Lipinski definition) is 6. The normalized spacial score (nSPS) is 14.8. The maximum absolute atomic E-state index is 13.0. The number of carbonyl (C=O) groups is 2. The van der Waals surface area contributed by atoms with Crippen LogP contribution in [0.5, 0.6) is 0 Å². The minimum atomic E-state index is -0.0628. The number of aromatic amines is 1. The molecule has 1 aromatic carbocycles. The van der Waals surface area contributed by atoms with E-state index < -0.39 is 0 Å². The molecule has 1 aliphatic heterocycles. The molecule has 4 rings (SSSR count). The molecule has 8 heteroatoms. The van der Waals surface area contributed by atoms with Crippen LogP contribution in [0.25, 0.3) is 11.4 Å². The van der Waals surface area contributed by atoms with Crippen LogP contribution in [0.4, 0.5) is 0 Å². The average molecular weight is 422 g/mol. The first-order chi connectivity index (χ1) is 14.8. The number of ketones is 1. The SMILES string of the molecule is CC(=O)c1c(C)[nH]c(C(=O)N2CCN(Cc3nc(-c4ccc(C)cc4)no3)CC2)c1C. The zero-order valence-electron chi connectivity index (χ0n) is 18.4. The van der Waals surface area contributed by atoms with E-state index in [2.05, 4.69) is 20.0 Å². The molecule has 0 radical (unpaired) electrons. The zero-order chi connectivity index (χ0) is 22.1. The number of nitrogens with one attached hydrogen (secondary N) is 1. The van der Waals surface area contributed by atoms with Crippen molar-refractivity contribution in [2.45, 2.75) is 34.2 Å². The van der Waals surface area contributed by atoms with Crippen molar-refractivity contribution in [1.82, 2.24) is 24.9 Å². The molecular formula is C23H27N5O3. The number of Topliss-reactive ketones (excluding diaryl/α,β-unsaturated/α-hetero) is 1. The van der Waals surface area contributed by atoms with Crippen LogP contribution in [0.1, 0.15) is 50.5 Å². The van der Waals surface area contributed by atoms with Gasteiger partial charge in [0, 0.05) is 43.0 Å². The largest absolute Gasteiger partial charge is 0.354 e. The summed E-state index contributed by atoms with van der Waals surface area (Å²) in [5.74, 6) is 1.06. The van der Waals surface area contributed by atoms with Gasteiger partial charge >= 0.3 is 0 Å². The van der Waals surface area contributed by atoms with Gasteiger partial charge < -0.3 is 14.4 Å². The van der Waals surface area contributed by atoms with Crippen LogP contribution < -0.4 is 0 Å². The van der Waals surface area contributed by atoms with Gasteiger partial charge in [-0.05, 0) is 33.3 Å². The lowest BCUT2D eigenvalue weighted by molar-refractivity contribution is 0.0609. The summed E-state index contributed by atoms with van der Waals surface area (Å²) in [6.07, 6.45) is 0. The third-order valence-corrected chi connectivity index (χ3v) is 5.80. The number of aryl methyl sites for hydroxylation is 2. The molecule has 162 valence electrons. The molecule has 0 spiro atoms. The molecule has 31 heavy (non-hydrogen) atoms. The Hall–Kier alpha value is -3.26. The molecule has 1 fully saturated rings. The molecule has 0 aliphatic carbocycles. The van der Waals surface area contributed by atoms with E-state index in [1.807, 2.05) is 49.9 Å². The maximum atomic E-state index is 13.0. The molecule has 3 aromatic rings. The Balaban J connectivity index is 1.36. The number of hydrogen-bond donors (Lipinski definition) is 1. The summed E-state index contributed by atoms with van der Waals surface area (Å²) in [6, 6.07) is 8.01. The fraction of sp³-hybridized carbons (Fsp3) is 0.391. The van der Waals surface area contributed by atoms with E-state index in [1.165, 1.54) is 12.5 Å². The van der Waals surface area contributed by atoms with E-state index in [9.17, 15) is 9.59 Å². The van der Waals surface area contributed by atoms with Crippen molar-refractivity contribution in [3.05, 3.63) is 58.2 Å². The third kappa shape index (κ3) is 4.29. The van der Waals surface area contributed by atoms with Gasteiger partial charge in [0.15, 0.2) is 5.78 Å². The highest BCUT2D eigenvalue weighted by atomic mass is 16.5. The predicted octanol–water partition coefficient (Wildman–Crippen LogP) is 3.15. The van der Waals surface area contributed by atoms with Crippen LogP contribution in [0.2, 0.25) is 0 Å². The second-order valence-electron chi connectivity index (χ2n) is 8.13. The lowest BCUT2D eigenvalue weighted by atomic mass is 10.1. The number of piperazine rings is 1. The molecule has 1 saturated heterocycles. The second kappa shape index (κ2) is 8.47. The van der Waals surface area contributed by atoms with Crippen molar-refractivity contribution in [2.24, 2.45) is 0 Å². The van der Waals surface area contributed by atoms with E-state index in [4.69, 9.17) is 4.52 Å². The second-order valence-corrected chi connectivity index (χ2v) is 8.13. The molecule has 1 amide bonds. The van der Waals surface area contributed by atoms with Gasteiger partial charge in [0.05, 0.1) is 6.54 Å². The van der Waals surface area contributed by atoms with Crippen LogP contribution in [-0.4, -0.2) is 62.8 Å². The average Bonchev–Trinajstić information content (AvgIpc) is 3.32. The summed E-state index contributed by atoms with van der Waals surface area (Å²) in [4.78, 5) is 36.5. The Morgan fingerprint density at radius 2 is 1.74 bits per heavy atom. The number of nitrogens with zero attached hydrogens (tertiary/aromatic N) is 4. The van der Waals surface area contributed by atoms with Crippen molar-refractivity contribution >= 4 is 11.7 Å². The summed E-state index contributed by atoms with van der Waals surface area (Å²) < 4.78 is 5.43. The topological polar surface area (TPSA) is 95.3 Å². The minimum Gasteiger partial charge on any atom is -0.354 e. The van der Waals surface area contributed by atoms with Crippen molar-refractivity contribution in [2.75, 3.05) is 26.2 Å². The van der Waals surface area contributed by atoms with Crippen molar-refractivity contribution < 1.29 is 14.1 Å². The van der Waals surface area contributed by atoms with Crippen molar-refractivity contribution in [3.63, 3.8) is 0 Å². The van der Waals surface area contributed by atoms with Gasteiger partial charge in [-0.1, -0.05) is 35.0 Å².